The van der Waals surface area contributed by atoms with E-state index in [4.69, 9.17) is 14.2 Å². The highest BCUT2D eigenvalue weighted by Crippen LogP contribution is 2.26. The van der Waals surface area contributed by atoms with Crippen molar-refractivity contribution in [2.24, 2.45) is 0 Å². The number of aliphatic hydroxyl groups excluding tert-OH is 5. The second kappa shape index (κ2) is 45.9. The standard InChI is InChI=1S/C58H99NO10/c1-4-7-10-13-16-19-22-25-26-28-31-34-37-40-43-46-53(63)69-56-55(65)54(64)52(47-60)68-58(56)67-48-49(50(61)44-41-38-35-32-29-24-21-18-15-12-9-6-3)59-57(66)51(62)45-42-39-36-33-30-27-23-20-17-14-11-8-5-2/h7-8,10-11,13,16-17,19-20,22,27,30,41,44,49-52,54-56,58,60-62,64-65H,4-6,9,12,14-15,18,21,23-26,28-29,31-40,42-43,45-48H2,1-3H3,(H,59,66)/b10-7+,11-8+,16-13+,20-17+,22-19+,30-27+,44-41+. The lowest BCUT2D eigenvalue weighted by atomic mass is 9.99. The molecule has 0 aliphatic carbocycles. The molecule has 1 rings (SSSR count). The number of ether oxygens (including phenoxy) is 3. The summed E-state index contributed by atoms with van der Waals surface area (Å²) in [6.45, 7) is 5.49. The molecule has 0 aromatic heterocycles. The van der Waals surface area contributed by atoms with Crippen molar-refractivity contribution in [3.05, 3.63) is 85.1 Å². The highest BCUT2D eigenvalue weighted by atomic mass is 16.7. The third kappa shape index (κ3) is 34.7. The van der Waals surface area contributed by atoms with Gasteiger partial charge in [0.05, 0.1) is 25.4 Å². The Morgan fingerprint density at radius 3 is 1.72 bits per heavy atom. The Bertz CT molecular complexity index is 1440. The zero-order valence-electron chi connectivity index (χ0n) is 43.4. The number of hydrogen-bond donors (Lipinski definition) is 6. The van der Waals surface area contributed by atoms with Crippen molar-refractivity contribution < 1.29 is 49.3 Å². The lowest BCUT2D eigenvalue weighted by molar-refractivity contribution is -0.305. The van der Waals surface area contributed by atoms with Crippen molar-refractivity contribution in [1.82, 2.24) is 5.32 Å². The van der Waals surface area contributed by atoms with Crippen LogP contribution in [0.15, 0.2) is 85.1 Å². The van der Waals surface area contributed by atoms with E-state index < -0.39 is 67.4 Å². The van der Waals surface area contributed by atoms with Gasteiger partial charge in [-0.15, -0.1) is 0 Å². The zero-order chi connectivity index (χ0) is 50.4. The van der Waals surface area contributed by atoms with Crippen molar-refractivity contribution in [3.63, 3.8) is 0 Å². The smallest absolute Gasteiger partial charge is 0.306 e. The first kappa shape index (κ1) is 63.9. The second-order valence-corrected chi connectivity index (χ2v) is 18.6. The van der Waals surface area contributed by atoms with Crippen LogP contribution >= 0.6 is 0 Å². The number of unbranched alkanes of at least 4 members (excludes halogenated alkanes) is 20. The van der Waals surface area contributed by atoms with E-state index >= 15 is 0 Å². The minimum Gasteiger partial charge on any atom is -0.454 e. The van der Waals surface area contributed by atoms with Gasteiger partial charge in [0.15, 0.2) is 12.4 Å². The molecule has 11 nitrogen and oxygen atoms in total. The van der Waals surface area contributed by atoms with Gasteiger partial charge in [0.25, 0.3) is 0 Å². The van der Waals surface area contributed by atoms with E-state index in [1.807, 2.05) is 18.2 Å². The maximum Gasteiger partial charge on any atom is 0.306 e. The predicted molar refractivity (Wildman–Crippen MR) is 282 cm³/mol. The number of esters is 1. The Balaban J connectivity index is 2.78. The summed E-state index contributed by atoms with van der Waals surface area (Å²) in [5.74, 6) is -1.24. The summed E-state index contributed by atoms with van der Waals surface area (Å²) in [5, 5.41) is 56.7. The lowest BCUT2D eigenvalue weighted by Gasteiger charge is -2.41. The van der Waals surface area contributed by atoms with E-state index in [0.29, 0.717) is 12.8 Å². The van der Waals surface area contributed by atoms with Crippen molar-refractivity contribution in [1.29, 1.82) is 0 Å². The fourth-order valence-corrected chi connectivity index (χ4v) is 8.02. The van der Waals surface area contributed by atoms with Gasteiger partial charge < -0.3 is 45.1 Å². The van der Waals surface area contributed by atoms with Crippen LogP contribution in [0.25, 0.3) is 0 Å². The number of carbonyl (C=O) groups excluding carboxylic acids is 2. The lowest BCUT2D eigenvalue weighted by Crippen LogP contribution is -2.61. The molecule has 69 heavy (non-hydrogen) atoms. The monoisotopic (exact) mass is 970 g/mol. The largest absolute Gasteiger partial charge is 0.454 e. The van der Waals surface area contributed by atoms with Crippen LogP contribution < -0.4 is 5.32 Å². The molecule has 0 saturated carbocycles. The van der Waals surface area contributed by atoms with Gasteiger partial charge in [-0.2, -0.15) is 0 Å². The summed E-state index contributed by atoms with van der Waals surface area (Å²) in [5.41, 5.74) is 0. The van der Waals surface area contributed by atoms with E-state index in [1.165, 1.54) is 44.9 Å². The van der Waals surface area contributed by atoms with Gasteiger partial charge in [0.2, 0.25) is 5.91 Å². The molecule has 1 heterocycles. The molecule has 1 aliphatic rings. The molecule has 396 valence electrons. The molecule has 0 radical (unpaired) electrons. The van der Waals surface area contributed by atoms with Crippen LogP contribution in [0.3, 0.4) is 0 Å². The molecule has 6 N–H and O–H groups in total. The normalized spacial score (nSPS) is 20.5. The van der Waals surface area contributed by atoms with Gasteiger partial charge in [-0.1, -0.05) is 209 Å². The number of rotatable bonds is 44. The molecule has 1 aliphatic heterocycles. The summed E-state index contributed by atoms with van der Waals surface area (Å²) in [6, 6.07) is -1.04. The zero-order valence-corrected chi connectivity index (χ0v) is 43.4. The topological polar surface area (TPSA) is 175 Å². The maximum atomic E-state index is 13.3. The first-order valence-corrected chi connectivity index (χ1v) is 27.4. The average Bonchev–Trinajstić information content (AvgIpc) is 3.34. The minimum absolute atomic E-state index is 0.103. The van der Waals surface area contributed by atoms with Gasteiger partial charge in [0.1, 0.15) is 24.4 Å². The number of aliphatic hydroxyl groups is 5. The fraction of sp³-hybridized carbons (Fsp3) is 0.724. The van der Waals surface area contributed by atoms with Crippen molar-refractivity contribution in [3.8, 4) is 0 Å². The van der Waals surface area contributed by atoms with E-state index in [2.05, 4.69) is 86.8 Å². The number of hydrogen-bond acceptors (Lipinski definition) is 10. The highest BCUT2D eigenvalue weighted by molar-refractivity contribution is 5.80. The van der Waals surface area contributed by atoms with Crippen molar-refractivity contribution in [2.75, 3.05) is 13.2 Å². The molecule has 0 aromatic carbocycles. The Labute approximate surface area is 419 Å². The summed E-state index contributed by atoms with van der Waals surface area (Å²) >= 11 is 0. The SMILES string of the molecule is CC/C=C/C=C/C=C/CCCCCCCCCC(=O)OC1C(OCC(NC(=O)C(O)CCCCC/C=C/C/C=C/C/C=C/CC)C(O)/C=C/CCCCCCCCCCCC)OC(CO)C(O)C1O. The van der Waals surface area contributed by atoms with Gasteiger partial charge in [0, 0.05) is 6.42 Å². The van der Waals surface area contributed by atoms with Crippen LogP contribution in [0.5, 0.6) is 0 Å². The van der Waals surface area contributed by atoms with E-state index in [9.17, 15) is 35.1 Å². The Hall–Kier alpha value is -3.16. The first-order chi connectivity index (χ1) is 33.7. The summed E-state index contributed by atoms with van der Waals surface area (Å²) in [6.07, 6.45) is 47.7. The maximum absolute atomic E-state index is 13.3. The summed E-state index contributed by atoms with van der Waals surface area (Å²) in [7, 11) is 0. The Morgan fingerprint density at radius 2 is 1.12 bits per heavy atom. The summed E-state index contributed by atoms with van der Waals surface area (Å²) < 4.78 is 17.5. The van der Waals surface area contributed by atoms with E-state index in [-0.39, 0.29) is 19.4 Å². The molecule has 0 aromatic rings. The van der Waals surface area contributed by atoms with Crippen LogP contribution in [-0.4, -0.2) is 99.6 Å². The van der Waals surface area contributed by atoms with E-state index in [1.54, 1.807) is 6.08 Å². The molecular weight excluding hydrogens is 871 g/mol. The molecule has 0 spiro atoms. The number of allylic oxidation sites excluding steroid dienone is 13. The number of amides is 1. The quantitative estimate of drug-likeness (QED) is 0.0149. The van der Waals surface area contributed by atoms with Gasteiger partial charge in [-0.3, -0.25) is 9.59 Å². The molecule has 1 fully saturated rings. The average molecular weight is 970 g/mol. The molecular formula is C58H99NO10. The fourth-order valence-electron chi connectivity index (χ4n) is 8.02. The van der Waals surface area contributed by atoms with Crippen LogP contribution in [0.2, 0.25) is 0 Å². The van der Waals surface area contributed by atoms with Crippen LogP contribution in [0.4, 0.5) is 0 Å². The van der Waals surface area contributed by atoms with Crippen molar-refractivity contribution >= 4 is 11.9 Å². The van der Waals surface area contributed by atoms with Crippen LogP contribution in [0, 0.1) is 0 Å². The highest BCUT2D eigenvalue weighted by Gasteiger charge is 2.47. The van der Waals surface area contributed by atoms with Crippen LogP contribution in [0.1, 0.15) is 207 Å². The van der Waals surface area contributed by atoms with Gasteiger partial charge in [-0.25, -0.2) is 0 Å². The predicted octanol–water partition coefficient (Wildman–Crippen LogP) is 11.8. The van der Waals surface area contributed by atoms with Crippen LogP contribution in [-0.2, 0) is 23.8 Å². The van der Waals surface area contributed by atoms with Crippen molar-refractivity contribution in [2.45, 2.75) is 256 Å². The third-order valence-electron chi connectivity index (χ3n) is 12.4. The second-order valence-electron chi connectivity index (χ2n) is 18.6. The molecule has 1 amide bonds. The van der Waals surface area contributed by atoms with Gasteiger partial charge in [-0.05, 0) is 77.0 Å². The molecule has 8 unspecified atom stereocenters. The summed E-state index contributed by atoms with van der Waals surface area (Å²) in [4.78, 5) is 26.4. The van der Waals surface area contributed by atoms with E-state index in [0.717, 1.165) is 116 Å². The molecule has 0 bridgehead atoms. The minimum atomic E-state index is -1.63. The van der Waals surface area contributed by atoms with Gasteiger partial charge >= 0.3 is 5.97 Å². The third-order valence-corrected chi connectivity index (χ3v) is 12.4. The molecule has 1 saturated heterocycles. The number of nitrogens with one attached hydrogen (secondary N) is 1. The Kier molecular flexibility index (Phi) is 42.5. The Morgan fingerprint density at radius 1 is 0.594 bits per heavy atom. The molecule has 8 atom stereocenters. The molecule has 11 heteroatoms. The number of carbonyl (C=O) groups is 2. The first-order valence-electron chi connectivity index (χ1n) is 27.4.